The number of carboxylic acids is 1. The molecule has 0 heterocycles. The van der Waals surface area contributed by atoms with E-state index in [-0.39, 0.29) is 0 Å². The highest BCUT2D eigenvalue weighted by molar-refractivity contribution is 5.66. The van der Waals surface area contributed by atoms with Crippen LogP contribution >= 0.6 is 0 Å². The molecule has 2 heteroatoms. The summed E-state index contributed by atoms with van der Waals surface area (Å²) < 4.78 is 0. The molecule has 26 heavy (non-hydrogen) atoms. The molecule has 0 aliphatic heterocycles. The number of hydrogen-bond donors (Lipinski definition) is 1. The normalized spacial score (nSPS) is 12.0. The first-order valence-electron chi connectivity index (χ1n) is 10.9. The minimum atomic E-state index is -0.659. The van der Waals surface area contributed by atoms with Crippen molar-refractivity contribution in [3.05, 3.63) is 36.5 Å². The summed E-state index contributed by atoms with van der Waals surface area (Å²) >= 11 is 0. The molecule has 0 saturated carbocycles. The lowest BCUT2D eigenvalue weighted by Crippen LogP contribution is -1.93. The van der Waals surface area contributed by atoms with Crippen LogP contribution < -0.4 is 0 Å². The molecule has 0 spiro atoms. The Kier molecular flexibility index (Phi) is 20.6. The van der Waals surface area contributed by atoms with Gasteiger partial charge in [-0.3, -0.25) is 4.79 Å². The van der Waals surface area contributed by atoms with Crippen molar-refractivity contribution >= 4 is 5.97 Å². The number of aliphatic carboxylic acids is 1. The maximum absolute atomic E-state index is 10.4. The van der Waals surface area contributed by atoms with Gasteiger partial charge in [0, 0.05) is 6.42 Å². The Hall–Kier alpha value is -1.31. The molecule has 0 saturated heterocycles. The predicted molar refractivity (Wildman–Crippen MR) is 115 cm³/mol. The summed E-state index contributed by atoms with van der Waals surface area (Å²) in [5.74, 6) is -0.659. The van der Waals surface area contributed by atoms with E-state index in [1.54, 1.807) is 0 Å². The van der Waals surface area contributed by atoms with Crippen LogP contribution in [0.25, 0.3) is 0 Å². The van der Waals surface area contributed by atoms with Gasteiger partial charge in [0.25, 0.3) is 0 Å². The lowest BCUT2D eigenvalue weighted by atomic mass is 10.0. The van der Waals surface area contributed by atoms with Gasteiger partial charge < -0.3 is 5.11 Å². The van der Waals surface area contributed by atoms with Crippen molar-refractivity contribution in [2.75, 3.05) is 0 Å². The monoisotopic (exact) mass is 362 g/mol. The minimum absolute atomic E-state index is 0.336. The molecule has 0 aliphatic rings. The van der Waals surface area contributed by atoms with Gasteiger partial charge in [0.15, 0.2) is 0 Å². The highest BCUT2D eigenvalue weighted by Gasteiger charge is 1.96. The Morgan fingerprint density at radius 3 is 1.54 bits per heavy atom. The van der Waals surface area contributed by atoms with Crippen LogP contribution in [-0.4, -0.2) is 11.1 Å². The molecule has 0 aliphatic carbocycles. The molecule has 0 aromatic heterocycles. The highest BCUT2D eigenvalue weighted by atomic mass is 16.4. The first-order chi connectivity index (χ1) is 12.8. The second-order valence-electron chi connectivity index (χ2n) is 7.12. The van der Waals surface area contributed by atoms with E-state index in [9.17, 15) is 4.79 Å². The molecule has 0 bridgehead atoms. The van der Waals surface area contributed by atoms with Crippen LogP contribution in [0.1, 0.15) is 110 Å². The van der Waals surface area contributed by atoms with Gasteiger partial charge in [0.1, 0.15) is 0 Å². The van der Waals surface area contributed by atoms with E-state index < -0.39 is 5.97 Å². The molecule has 0 unspecified atom stereocenters. The molecule has 150 valence electrons. The maximum atomic E-state index is 10.4. The van der Waals surface area contributed by atoms with Crippen LogP contribution in [0.2, 0.25) is 0 Å². The van der Waals surface area contributed by atoms with Crippen molar-refractivity contribution in [3.8, 4) is 0 Å². The van der Waals surface area contributed by atoms with E-state index >= 15 is 0 Å². The molecule has 2 nitrogen and oxygen atoms in total. The van der Waals surface area contributed by atoms with E-state index in [4.69, 9.17) is 5.11 Å². The van der Waals surface area contributed by atoms with E-state index in [2.05, 4.69) is 43.4 Å². The summed E-state index contributed by atoms with van der Waals surface area (Å²) in [4.78, 5) is 10.4. The van der Waals surface area contributed by atoms with Gasteiger partial charge in [-0.1, -0.05) is 101 Å². The van der Waals surface area contributed by atoms with Gasteiger partial charge in [-0.2, -0.15) is 0 Å². The minimum Gasteiger partial charge on any atom is -0.481 e. The average molecular weight is 363 g/mol. The molecule has 1 N–H and O–H groups in total. The zero-order valence-electron chi connectivity index (χ0n) is 17.1. The Balaban J connectivity index is 3.16. The van der Waals surface area contributed by atoms with Crippen molar-refractivity contribution in [1.82, 2.24) is 0 Å². The quantitative estimate of drug-likeness (QED) is 0.187. The molecular weight excluding hydrogens is 320 g/mol. The van der Waals surface area contributed by atoms with Crippen molar-refractivity contribution in [1.29, 1.82) is 0 Å². The number of carboxylic acid groups (broad SMARTS) is 1. The lowest BCUT2D eigenvalue weighted by molar-refractivity contribution is -0.137. The summed E-state index contributed by atoms with van der Waals surface area (Å²) in [7, 11) is 0. The molecule has 0 rings (SSSR count). The predicted octanol–water partition coefficient (Wildman–Crippen LogP) is 8.00. The Bertz CT molecular complexity index is 380. The zero-order valence-corrected chi connectivity index (χ0v) is 17.1. The van der Waals surface area contributed by atoms with Crippen LogP contribution in [0, 0.1) is 0 Å². The average Bonchev–Trinajstić information content (AvgIpc) is 2.62. The first-order valence-corrected chi connectivity index (χ1v) is 10.9. The summed E-state index contributed by atoms with van der Waals surface area (Å²) in [6.07, 6.45) is 32.2. The van der Waals surface area contributed by atoms with Crippen LogP contribution in [0.3, 0.4) is 0 Å². The van der Waals surface area contributed by atoms with Crippen molar-refractivity contribution in [3.63, 3.8) is 0 Å². The van der Waals surface area contributed by atoms with Gasteiger partial charge in [-0.25, -0.2) is 0 Å². The first kappa shape index (κ1) is 24.7. The maximum Gasteiger partial charge on any atom is 0.303 e. The summed E-state index contributed by atoms with van der Waals surface area (Å²) in [6, 6.07) is 0. The number of allylic oxidation sites excluding steroid dienone is 6. The Morgan fingerprint density at radius 1 is 0.615 bits per heavy atom. The number of hydrogen-bond acceptors (Lipinski definition) is 1. The Labute approximate surface area is 162 Å². The van der Waals surface area contributed by atoms with Gasteiger partial charge in [-0.15, -0.1) is 0 Å². The number of unbranched alkanes of at least 4 members (excludes halogenated alkanes) is 11. The van der Waals surface area contributed by atoms with Crippen molar-refractivity contribution in [2.45, 2.75) is 110 Å². The largest absolute Gasteiger partial charge is 0.481 e. The third-order valence-corrected chi connectivity index (χ3v) is 4.54. The molecule has 0 aromatic rings. The summed E-state index contributed by atoms with van der Waals surface area (Å²) in [5.41, 5.74) is 0. The van der Waals surface area contributed by atoms with E-state index in [1.807, 2.05) is 0 Å². The zero-order chi connectivity index (χ0) is 19.1. The van der Waals surface area contributed by atoms with Crippen LogP contribution in [0.15, 0.2) is 36.5 Å². The molecule has 0 fully saturated rings. The van der Waals surface area contributed by atoms with Gasteiger partial charge in [0.05, 0.1) is 0 Å². The van der Waals surface area contributed by atoms with Gasteiger partial charge >= 0.3 is 5.97 Å². The van der Waals surface area contributed by atoms with E-state index in [0.29, 0.717) is 6.42 Å². The SMILES string of the molecule is CCC=CCC=CCC=CCCCCCCCCCCCCCC(=O)O. The fourth-order valence-corrected chi connectivity index (χ4v) is 2.96. The third-order valence-electron chi connectivity index (χ3n) is 4.54. The second-order valence-corrected chi connectivity index (χ2v) is 7.12. The molecule has 0 amide bonds. The van der Waals surface area contributed by atoms with Crippen molar-refractivity contribution in [2.24, 2.45) is 0 Å². The fourth-order valence-electron chi connectivity index (χ4n) is 2.96. The van der Waals surface area contributed by atoms with Gasteiger partial charge in [0.2, 0.25) is 0 Å². The fraction of sp³-hybridized carbons (Fsp3) is 0.708. The molecule has 0 atom stereocenters. The van der Waals surface area contributed by atoms with Crippen LogP contribution in [-0.2, 0) is 4.79 Å². The van der Waals surface area contributed by atoms with Gasteiger partial charge in [-0.05, 0) is 38.5 Å². The third kappa shape index (κ3) is 22.7. The molecule has 0 aromatic carbocycles. The van der Waals surface area contributed by atoms with E-state index in [0.717, 1.165) is 32.1 Å². The van der Waals surface area contributed by atoms with E-state index in [1.165, 1.54) is 64.2 Å². The molecule has 0 radical (unpaired) electrons. The number of rotatable bonds is 19. The highest BCUT2D eigenvalue weighted by Crippen LogP contribution is 2.12. The van der Waals surface area contributed by atoms with Crippen LogP contribution in [0.4, 0.5) is 0 Å². The second kappa shape index (κ2) is 21.7. The lowest BCUT2D eigenvalue weighted by Gasteiger charge is -2.02. The topological polar surface area (TPSA) is 37.3 Å². The number of carbonyl (C=O) groups is 1. The molecular formula is C24H42O2. The summed E-state index contributed by atoms with van der Waals surface area (Å²) in [5, 5.41) is 8.56. The van der Waals surface area contributed by atoms with Crippen LogP contribution in [0.5, 0.6) is 0 Å². The van der Waals surface area contributed by atoms with Crippen molar-refractivity contribution < 1.29 is 9.90 Å². The standard InChI is InChI=1S/C24H42O2/c1-2-3-4-5-6-7-8-9-10-11-12-13-14-15-16-17-18-19-20-21-22-23-24(25)26/h3-4,6-7,9-10H,2,5,8,11-23H2,1H3,(H,25,26). The Morgan fingerprint density at radius 2 is 1.04 bits per heavy atom. The smallest absolute Gasteiger partial charge is 0.303 e. The summed E-state index contributed by atoms with van der Waals surface area (Å²) in [6.45, 7) is 2.17.